The van der Waals surface area contributed by atoms with Crippen LogP contribution in [-0.2, 0) is 9.53 Å². The van der Waals surface area contributed by atoms with Crippen molar-refractivity contribution in [2.24, 2.45) is 11.3 Å². The van der Waals surface area contributed by atoms with Gasteiger partial charge in [0.05, 0.1) is 5.41 Å². The molecule has 0 spiro atoms. The van der Waals surface area contributed by atoms with E-state index < -0.39 is 11.4 Å². The third-order valence-electron chi connectivity index (χ3n) is 3.13. The highest BCUT2D eigenvalue weighted by molar-refractivity contribution is 5.78. The standard InChI is InChI=1S/C12H18O3/c1-3-12(11(13)14)8-5-4-6-10(12)7-9-15-2/h4-6,8,10H,3,7,9H2,1-2H3,(H,13,14). The van der Waals surface area contributed by atoms with Crippen molar-refractivity contribution in [2.75, 3.05) is 13.7 Å². The maximum atomic E-state index is 11.4. The monoisotopic (exact) mass is 210 g/mol. The molecule has 0 aromatic carbocycles. The van der Waals surface area contributed by atoms with Crippen molar-refractivity contribution in [1.82, 2.24) is 0 Å². The Labute approximate surface area is 90.4 Å². The maximum absolute atomic E-state index is 11.4. The molecule has 0 aromatic heterocycles. The highest BCUT2D eigenvalue weighted by Crippen LogP contribution is 2.39. The number of ether oxygens (including phenoxy) is 1. The van der Waals surface area contributed by atoms with Crippen LogP contribution in [0.25, 0.3) is 0 Å². The summed E-state index contributed by atoms with van der Waals surface area (Å²) in [6.45, 7) is 2.51. The van der Waals surface area contributed by atoms with Crippen molar-refractivity contribution in [3.8, 4) is 0 Å². The van der Waals surface area contributed by atoms with Crippen LogP contribution < -0.4 is 0 Å². The van der Waals surface area contributed by atoms with Gasteiger partial charge in [0.1, 0.15) is 0 Å². The van der Waals surface area contributed by atoms with Gasteiger partial charge in [0.15, 0.2) is 0 Å². The quantitative estimate of drug-likeness (QED) is 0.757. The molecule has 2 unspecified atom stereocenters. The van der Waals surface area contributed by atoms with Crippen molar-refractivity contribution in [1.29, 1.82) is 0 Å². The Balaban J connectivity index is 2.86. The van der Waals surface area contributed by atoms with Crippen LogP contribution in [-0.4, -0.2) is 24.8 Å². The van der Waals surface area contributed by atoms with E-state index in [0.29, 0.717) is 13.0 Å². The van der Waals surface area contributed by atoms with Crippen LogP contribution in [0.2, 0.25) is 0 Å². The number of methoxy groups -OCH3 is 1. The Morgan fingerprint density at radius 2 is 2.27 bits per heavy atom. The SMILES string of the molecule is CCC1(C(=O)O)C=CC=CC1CCOC. The smallest absolute Gasteiger partial charge is 0.314 e. The minimum atomic E-state index is -0.744. The van der Waals surface area contributed by atoms with Crippen LogP contribution in [0.3, 0.4) is 0 Å². The van der Waals surface area contributed by atoms with Gasteiger partial charge in [0.25, 0.3) is 0 Å². The lowest BCUT2D eigenvalue weighted by molar-refractivity contribution is -0.148. The van der Waals surface area contributed by atoms with Gasteiger partial charge in [0, 0.05) is 13.7 Å². The average Bonchev–Trinajstić information content (AvgIpc) is 2.26. The molecule has 15 heavy (non-hydrogen) atoms. The lowest BCUT2D eigenvalue weighted by atomic mass is 9.69. The van der Waals surface area contributed by atoms with Gasteiger partial charge < -0.3 is 9.84 Å². The fourth-order valence-electron chi connectivity index (χ4n) is 2.08. The molecule has 3 nitrogen and oxygen atoms in total. The molecule has 3 heteroatoms. The lowest BCUT2D eigenvalue weighted by Crippen LogP contribution is -2.37. The number of hydrogen-bond donors (Lipinski definition) is 1. The highest BCUT2D eigenvalue weighted by Gasteiger charge is 2.41. The molecule has 1 aliphatic rings. The van der Waals surface area contributed by atoms with E-state index in [1.807, 2.05) is 25.2 Å². The maximum Gasteiger partial charge on any atom is 0.314 e. The number of carbonyl (C=O) groups is 1. The number of allylic oxidation sites excluding steroid dienone is 3. The van der Waals surface area contributed by atoms with E-state index >= 15 is 0 Å². The molecule has 1 N–H and O–H groups in total. The summed E-state index contributed by atoms with van der Waals surface area (Å²) >= 11 is 0. The summed E-state index contributed by atoms with van der Waals surface area (Å²) in [5.74, 6) is -0.711. The minimum Gasteiger partial charge on any atom is -0.481 e. The Kier molecular flexibility index (Phi) is 4.09. The number of aliphatic carboxylic acids is 1. The number of rotatable bonds is 5. The van der Waals surface area contributed by atoms with E-state index in [9.17, 15) is 9.90 Å². The molecular weight excluding hydrogens is 192 g/mol. The first-order valence-corrected chi connectivity index (χ1v) is 5.25. The first-order valence-electron chi connectivity index (χ1n) is 5.25. The van der Waals surface area contributed by atoms with Crippen molar-refractivity contribution in [3.05, 3.63) is 24.3 Å². The van der Waals surface area contributed by atoms with Crippen molar-refractivity contribution < 1.29 is 14.6 Å². The summed E-state index contributed by atoms with van der Waals surface area (Å²) in [7, 11) is 1.64. The molecule has 2 atom stereocenters. The van der Waals surface area contributed by atoms with Crippen molar-refractivity contribution in [2.45, 2.75) is 19.8 Å². The van der Waals surface area contributed by atoms with E-state index in [4.69, 9.17) is 4.74 Å². The molecule has 0 saturated heterocycles. The predicted molar refractivity (Wildman–Crippen MR) is 58.6 cm³/mol. The summed E-state index contributed by atoms with van der Waals surface area (Å²) in [5.41, 5.74) is -0.743. The van der Waals surface area contributed by atoms with E-state index in [1.165, 1.54) is 0 Å². The van der Waals surface area contributed by atoms with E-state index in [0.717, 1.165) is 6.42 Å². The Morgan fingerprint density at radius 3 is 2.80 bits per heavy atom. The largest absolute Gasteiger partial charge is 0.481 e. The summed E-state index contributed by atoms with van der Waals surface area (Å²) < 4.78 is 5.01. The topological polar surface area (TPSA) is 46.5 Å². The summed E-state index contributed by atoms with van der Waals surface area (Å²) in [6, 6.07) is 0. The van der Waals surface area contributed by atoms with Crippen molar-refractivity contribution in [3.63, 3.8) is 0 Å². The second kappa shape index (κ2) is 5.12. The van der Waals surface area contributed by atoms with Crippen LogP contribution >= 0.6 is 0 Å². The van der Waals surface area contributed by atoms with Crippen LogP contribution in [0.4, 0.5) is 0 Å². The van der Waals surface area contributed by atoms with Crippen molar-refractivity contribution >= 4 is 5.97 Å². The first-order chi connectivity index (χ1) is 7.17. The molecule has 84 valence electrons. The third kappa shape index (κ3) is 2.29. The zero-order chi connectivity index (χ0) is 11.3. The van der Waals surface area contributed by atoms with Gasteiger partial charge in [-0.2, -0.15) is 0 Å². The highest BCUT2D eigenvalue weighted by atomic mass is 16.5. The molecule has 1 rings (SSSR count). The third-order valence-corrected chi connectivity index (χ3v) is 3.13. The van der Waals surface area contributed by atoms with Crippen LogP contribution in [0.1, 0.15) is 19.8 Å². The van der Waals surface area contributed by atoms with Gasteiger partial charge in [-0.3, -0.25) is 4.79 Å². The predicted octanol–water partition coefficient (Wildman–Crippen LogP) is 2.25. The number of carboxylic acids is 1. The molecule has 0 saturated carbocycles. The van der Waals surface area contributed by atoms with Gasteiger partial charge in [-0.05, 0) is 18.8 Å². The summed E-state index contributed by atoms with van der Waals surface area (Å²) in [5, 5.41) is 9.33. The molecule has 0 aromatic rings. The molecule has 0 heterocycles. The Hall–Kier alpha value is -1.09. The fourth-order valence-corrected chi connectivity index (χ4v) is 2.08. The molecule has 0 fully saturated rings. The minimum absolute atomic E-state index is 0.0324. The van der Waals surface area contributed by atoms with Gasteiger partial charge >= 0.3 is 5.97 Å². The molecule has 0 radical (unpaired) electrons. The molecule has 1 aliphatic carbocycles. The Morgan fingerprint density at radius 1 is 1.53 bits per heavy atom. The second-order valence-electron chi connectivity index (χ2n) is 3.83. The number of carboxylic acid groups (broad SMARTS) is 1. The fraction of sp³-hybridized carbons (Fsp3) is 0.583. The Bertz CT molecular complexity index is 281. The molecule has 0 amide bonds. The van der Waals surface area contributed by atoms with E-state index in [-0.39, 0.29) is 5.92 Å². The average molecular weight is 210 g/mol. The molecular formula is C12H18O3. The van der Waals surface area contributed by atoms with E-state index in [2.05, 4.69) is 0 Å². The zero-order valence-electron chi connectivity index (χ0n) is 9.27. The van der Waals surface area contributed by atoms with Gasteiger partial charge in [-0.15, -0.1) is 0 Å². The number of hydrogen-bond acceptors (Lipinski definition) is 2. The summed E-state index contributed by atoms with van der Waals surface area (Å²) in [4.78, 5) is 11.4. The van der Waals surface area contributed by atoms with Crippen LogP contribution in [0, 0.1) is 11.3 Å². The van der Waals surface area contributed by atoms with E-state index in [1.54, 1.807) is 13.2 Å². The normalized spacial score (nSPS) is 29.3. The van der Waals surface area contributed by atoms with Crippen LogP contribution in [0.15, 0.2) is 24.3 Å². The zero-order valence-corrected chi connectivity index (χ0v) is 9.27. The van der Waals surface area contributed by atoms with Crippen LogP contribution in [0.5, 0.6) is 0 Å². The molecule has 0 aliphatic heterocycles. The van der Waals surface area contributed by atoms with Gasteiger partial charge in [-0.25, -0.2) is 0 Å². The van der Waals surface area contributed by atoms with Gasteiger partial charge in [0.2, 0.25) is 0 Å². The molecule has 0 bridgehead atoms. The first kappa shape index (κ1) is 12.0. The summed E-state index contributed by atoms with van der Waals surface area (Å²) in [6.07, 6.45) is 8.86. The lowest BCUT2D eigenvalue weighted by Gasteiger charge is -2.33. The second-order valence-corrected chi connectivity index (χ2v) is 3.83. The van der Waals surface area contributed by atoms with Gasteiger partial charge in [-0.1, -0.05) is 31.2 Å².